The van der Waals surface area contributed by atoms with E-state index >= 15 is 0 Å². The average Bonchev–Trinajstić information content (AvgIpc) is 3.14. The van der Waals surface area contributed by atoms with Crippen LogP contribution in [0.1, 0.15) is 19.3 Å². The van der Waals surface area contributed by atoms with E-state index in [9.17, 15) is 9.18 Å². The molecule has 5 heteroatoms. The molecule has 1 amide bonds. The van der Waals surface area contributed by atoms with Gasteiger partial charge in [0.05, 0.1) is 18.7 Å². The summed E-state index contributed by atoms with van der Waals surface area (Å²) in [4.78, 5) is 11.5. The van der Waals surface area contributed by atoms with Gasteiger partial charge in [-0.2, -0.15) is 0 Å². The molecule has 3 N–H and O–H groups in total. The third kappa shape index (κ3) is 4.00. The number of anilines is 2. The Kier molecular flexibility index (Phi) is 4.15. The molecule has 1 aliphatic rings. The lowest BCUT2D eigenvalue weighted by atomic mass is 10.2. The van der Waals surface area contributed by atoms with Crippen LogP contribution in [0.25, 0.3) is 0 Å². The molecule has 18 heavy (non-hydrogen) atoms. The lowest BCUT2D eigenvalue weighted by molar-refractivity contribution is -0.117. The van der Waals surface area contributed by atoms with Crippen LogP contribution in [0.2, 0.25) is 0 Å². The van der Waals surface area contributed by atoms with Crippen LogP contribution in [0.4, 0.5) is 15.8 Å². The number of nitrogen functional groups attached to an aromatic ring is 1. The highest BCUT2D eigenvalue weighted by Crippen LogP contribution is 2.28. The van der Waals surface area contributed by atoms with Gasteiger partial charge in [0.1, 0.15) is 5.82 Å². The minimum absolute atomic E-state index is 0.0257. The molecule has 0 spiro atoms. The second-order valence-corrected chi connectivity index (χ2v) is 4.55. The molecule has 0 heterocycles. The topological polar surface area (TPSA) is 64.3 Å². The van der Waals surface area contributed by atoms with Crippen LogP contribution >= 0.6 is 0 Å². The van der Waals surface area contributed by atoms with E-state index in [1.807, 2.05) is 0 Å². The molecule has 98 valence electrons. The zero-order valence-electron chi connectivity index (χ0n) is 10.1. The maximum absolute atomic E-state index is 12.9. The van der Waals surface area contributed by atoms with Gasteiger partial charge in [-0.3, -0.25) is 4.79 Å². The summed E-state index contributed by atoms with van der Waals surface area (Å²) in [7, 11) is 0. The fourth-order valence-corrected chi connectivity index (χ4v) is 1.54. The summed E-state index contributed by atoms with van der Waals surface area (Å²) in [5.41, 5.74) is 5.93. The predicted molar refractivity (Wildman–Crippen MR) is 67.6 cm³/mol. The Morgan fingerprint density at radius 1 is 1.50 bits per heavy atom. The van der Waals surface area contributed by atoms with Crippen molar-refractivity contribution >= 4 is 17.3 Å². The van der Waals surface area contributed by atoms with Gasteiger partial charge in [-0.15, -0.1) is 0 Å². The Bertz CT molecular complexity index is 433. The molecular weight excluding hydrogens is 235 g/mol. The molecular formula is C13H17FN2O2. The summed E-state index contributed by atoms with van der Waals surface area (Å²) in [6.07, 6.45) is 2.77. The number of ether oxygens (including phenoxy) is 1. The summed E-state index contributed by atoms with van der Waals surface area (Å²) in [6, 6.07) is 4.11. The molecule has 4 nitrogen and oxygen atoms in total. The van der Waals surface area contributed by atoms with Crippen LogP contribution in [-0.2, 0) is 9.53 Å². The third-order valence-electron chi connectivity index (χ3n) is 2.80. The molecule has 1 fully saturated rings. The number of nitrogens with two attached hydrogens (primary N) is 1. The third-order valence-corrected chi connectivity index (χ3v) is 2.80. The van der Waals surface area contributed by atoms with Gasteiger partial charge in [0, 0.05) is 12.3 Å². The normalized spacial score (nSPS) is 14.5. The highest BCUT2D eigenvalue weighted by Gasteiger charge is 2.21. The van der Waals surface area contributed by atoms with Crippen molar-refractivity contribution in [2.45, 2.75) is 19.3 Å². The molecule has 0 bridgehead atoms. The van der Waals surface area contributed by atoms with Crippen molar-refractivity contribution in [1.29, 1.82) is 0 Å². The predicted octanol–water partition coefficient (Wildman–Crippen LogP) is 2.16. The van der Waals surface area contributed by atoms with Crippen LogP contribution in [0.3, 0.4) is 0 Å². The van der Waals surface area contributed by atoms with Crippen molar-refractivity contribution < 1.29 is 13.9 Å². The summed E-state index contributed by atoms with van der Waals surface area (Å²) in [5.74, 6) is 0.0579. The van der Waals surface area contributed by atoms with E-state index < -0.39 is 5.82 Å². The number of carbonyl (C=O) groups excluding carboxylic acids is 1. The minimum Gasteiger partial charge on any atom is -0.396 e. The number of rotatable bonds is 6. The molecule has 1 aromatic carbocycles. The van der Waals surface area contributed by atoms with Crippen molar-refractivity contribution in [1.82, 2.24) is 0 Å². The van der Waals surface area contributed by atoms with E-state index in [2.05, 4.69) is 5.32 Å². The maximum Gasteiger partial charge on any atom is 0.226 e. The summed E-state index contributed by atoms with van der Waals surface area (Å²) in [5, 5.41) is 2.65. The molecule has 1 aromatic rings. The summed E-state index contributed by atoms with van der Waals surface area (Å²) >= 11 is 0. The lowest BCUT2D eigenvalue weighted by Crippen LogP contribution is -2.14. The van der Waals surface area contributed by atoms with Gasteiger partial charge in [0.2, 0.25) is 5.91 Å². The second-order valence-electron chi connectivity index (χ2n) is 4.55. The lowest BCUT2D eigenvalue weighted by Gasteiger charge is -2.07. The first kappa shape index (κ1) is 12.8. The summed E-state index contributed by atoms with van der Waals surface area (Å²) in [6.45, 7) is 1.16. The van der Waals surface area contributed by atoms with Crippen LogP contribution < -0.4 is 11.1 Å². The molecule has 0 saturated heterocycles. The van der Waals surface area contributed by atoms with Gasteiger partial charge in [-0.25, -0.2) is 4.39 Å². The van der Waals surface area contributed by atoms with Crippen LogP contribution in [0.15, 0.2) is 18.2 Å². The van der Waals surface area contributed by atoms with Gasteiger partial charge in [-0.05, 0) is 37.0 Å². The van der Waals surface area contributed by atoms with Gasteiger partial charge < -0.3 is 15.8 Å². The first-order chi connectivity index (χ1) is 8.65. The molecule has 0 atom stereocenters. The first-order valence-electron chi connectivity index (χ1n) is 6.08. The molecule has 0 radical (unpaired) electrons. The van der Waals surface area contributed by atoms with Gasteiger partial charge in [0.25, 0.3) is 0 Å². The standard InChI is InChI=1S/C13H17FN2O2/c14-11-4-3-10(7-12(11)15)16-13(17)5-6-18-8-9-1-2-9/h3-4,7,9H,1-2,5-6,8,15H2,(H,16,17). The van der Waals surface area contributed by atoms with Crippen molar-refractivity contribution in [2.24, 2.45) is 5.92 Å². The van der Waals surface area contributed by atoms with Crippen molar-refractivity contribution in [3.8, 4) is 0 Å². The van der Waals surface area contributed by atoms with Crippen LogP contribution in [-0.4, -0.2) is 19.1 Å². The highest BCUT2D eigenvalue weighted by atomic mass is 19.1. The zero-order valence-corrected chi connectivity index (χ0v) is 10.1. The van der Waals surface area contributed by atoms with Crippen molar-refractivity contribution in [3.05, 3.63) is 24.0 Å². The zero-order chi connectivity index (χ0) is 13.0. The second kappa shape index (κ2) is 5.82. The number of carbonyl (C=O) groups is 1. The van der Waals surface area contributed by atoms with Crippen molar-refractivity contribution in [2.75, 3.05) is 24.3 Å². The minimum atomic E-state index is -0.485. The number of hydrogen-bond acceptors (Lipinski definition) is 3. The molecule has 0 unspecified atom stereocenters. The van der Waals surface area contributed by atoms with E-state index in [1.165, 1.54) is 31.0 Å². The Labute approximate surface area is 105 Å². The largest absolute Gasteiger partial charge is 0.396 e. The van der Waals surface area contributed by atoms with Crippen molar-refractivity contribution in [3.63, 3.8) is 0 Å². The number of hydrogen-bond donors (Lipinski definition) is 2. The molecule has 0 aromatic heterocycles. The Balaban J connectivity index is 1.70. The van der Waals surface area contributed by atoms with E-state index in [1.54, 1.807) is 0 Å². The average molecular weight is 252 g/mol. The van der Waals surface area contributed by atoms with E-state index in [4.69, 9.17) is 10.5 Å². The highest BCUT2D eigenvalue weighted by molar-refractivity contribution is 5.91. The molecule has 1 saturated carbocycles. The summed E-state index contributed by atoms with van der Waals surface area (Å²) < 4.78 is 18.3. The fourth-order valence-electron chi connectivity index (χ4n) is 1.54. The number of amides is 1. The molecule has 1 aliphatic carbocycles. The number of benzene rings is 1. The van der Waals surface area contributed by atoms with Gasteiger partial charge in [0.15, 0.2) is 0 Å². The first-order valence-corrected chi connectivity index (χ1v) is 6.08. The van der Waals surface area contributed by atoms with E-state index in [-0.39, 0.29) is 11.6 Å². The fraction of sp³-hybridized carbons (Fsp3) is 0.462. The van der Waals surface area contributed by atoms with Gasteiger partial charge in [-0.1, -0.05) is 0 Å². The van der Waals surface area contributed by atoms with E-state index in [0.29, 0.717) is 24.6 Å². The SMILES string of the molecule is Nc1cc(NC(=O)CCOCC2CC2)ccc1F. The number of nitrogens with one attached hydrogen (secondary N) is 1. The van der Waals surface area contributed by atoms with E-state index in [0.717, 1.165) is 6.61 Å². The molecule has 2 rings (SSSR count). The Hall–Kier alpha value is -1.62. The molecule has 0 aliphatic heterocycles. The van der Waals surface area contributed by atoms with Crippen LogP contribution in [0.5, 0.6) is 0 Å². The Morgan fingerprint density at radius 2 is 2.28 bits per heavy atom. The van der Waals surface area contributed by atoms with Gasteiger partial charge >= 0.3 is 0 Å². The number of halogens is 1. The Morgan fingerprint density at radius 3 is 2.94 bits per heavy atom. The maximum atomic E-state index is 12.9. The quantitative estimate of drug-likeness (QED) is 0.602. The monoisotopic (exact) mass is 252 g/mol. The smallest absolute Gasteiger partial charge is 0.226 e. The van der Waals surface area contributed by atoms with Crippen LogP contribution in [0, 0.1) is 11.7 Å².